The Bertz CT molecular complexity index is 261. The zero-order chi connectivity index (χ0) is 12.8. The second-order valence-electron chi connectivity index (χ2n) is 5.71. The summed E-state index contributed by atoms with van der Waals surface area (Å²) in [4.78, 5) is 0. The van der Waals surface area contributed by atoms with Crippen LogP contribution in [-0.2, 0) is 15.5 Å². The Morgan fingerprint density at radius 1 is 1.33 bits per heavy atom. The lowest BCUT2D eigenvalue weighted by molar-refractivity contribution is 0.179. The smallest absolute Gasteiger partial charge is 0.0510 e. The molecule has 1 heterocycles. The summed E-state index contributed by atoms with van der Waals surface area (Å²) >= 11 is 0. The predicted octanol–water partition coefficient (Wildman–Crippen LogP) is 1.94. The molecule has 3 atom stereocenters. The third kappa shape index (κ3) is 4.32. The van der Waals surface area contributed by atoms with Gasteiger partial charge in [0.25, 0.3) is 0 Å². The van der Waals surface area contributed by atoms with Crippen molar-refractivity contribution < 1.29 is 8.95 Å². The van der Waals surface area contributed by atoms with Crippen LogP contribution in [0.5, 0.6) is 0 Å². The molecule has 4 heteroatoms. The molecule has 2 rings (SSSR count). The SMILES string of the molecule is CCNC(CS(=O)CC1CCCC1)C1CCOC1. The minimum atomic E-state index is -0.655. The fourth-order valence-corrected chi connectivity index (χ4v) is 4.99. The van der Waals surface area contributed by atoms with Crippen molar-refractivity contribution in [3.8, 4) is 0 Å². The van der Waals surface area contributed by atoms with Crippen molar-refractivity contribution in [2.75, 3.05) is 31.3 Å². The second kappa shape index (κ2) is 7.61. The van der Waals surface area contributed by atoms with Crippen LogP contribution < -0.4 is 5.32 Å². The normalized spacial score (nSPS) is 28.6. The second-order valence-corrected chi connectivity index (χ2v) is 7.26. The van der Waals surface area contributed by atoms with E-state index in [1.807, 2.05) is 0 Å². The summed E-state index contributed by atoms with van der Waals surface area (Å²) in [5.41, 5.74) is 0. The standard InChI is InChI=1S/C14H27NO2S/c1-2-15-14(13-7-8-17-9-13)11-18(16)10-12-5-3-4-6-12/h12-15H,2-11H2,1H3. The first-order chi connectivity index (χ1) is 8.79. The molecule has 1 saturated heterocycles. The van der Waals surface area contributed by atoms with Crippen molar-refractivity contribution in [1.29, 1.82) is 0 Å². The van der Waals surface area contributed by atoms with Gasteiger partial charge in [-0.05, 0) is 31.7 Å². The molecule has 0 aromatic heterocycles. The molecule has 106 valence electrons. The summed E-state index contributed by atoms with van der Waals surface area (Å²) in [6, 6.07) is 0.389. The van der Waals surface area contributed by atoms with Gasteiger partial charge in [-0.15, -0.1) is 0 Å². The van der Waals surface area contributed by atoms with E-state index in [9.17, 15) is 4.21 Å². The van der Waals surface area contributed by atoms with Crippen LogP contribution in [-0.4, -0.2) is 41.5 Å². The Morgan fingerprint density at radius 3 is 2.72 bits per heavy atom. The number of ether oxygens (including phenoxy) is 1. The largest absolute Gasteiger partial charge is 0.381 e. The van der Waals surface area contributed by atoms with Crippen LogP contribution in [0.15, 0.2) is 0 Å². The summed E-state index contributed by atoms with van der Waals surface area (Å²) < 4.78 is 17.7. The molecule has 0 aromatic carbocycles. The maximum Gasteiger partial charge on any atom is 0.0510 e. The topological polar surface area (TPSA) is 38.3 Å². The van der Waals surface area contributed by atoms with E-state index in [1.165, 1.54) is 25.7 Å². The zero-order valence-corrected chi connectivity index (χ0v) is 12.3. The highest BCUT2D eigenvalue weighted by molar-refractivity contribution is 7.85. The summed E-state index contributed by atoms with van der Waals surface area (Å²) in [5.74, 6) is 3.04. The lowest BCUT2D eigenvalue weighted by Crippen LogP contribution is -2.41. The molecule has 3 nitrogen and oxygen atoms in total. The average Bonchev–Trinajstić information content (AvgIpc) is 3.00. The summed E-state index contributed by atoms with van der Waals surface area (Å²) in [6.07, 6.45) is 6.40. The van der Waals surface area contributed by atoms with Crippen molar-refractivity contribution >= 4 is 10.8 Å². The third-order valence-electron chi connectivity index (χ3n) is 4.26. The number of rotatable bonds is 7. The Kier molecular flexibility index (Phi) is 6.12. The average molecular weight is 273 g/mol. The highest BCUT2D eigenvalue weighted by Crippen LogP contribution is 2.26. The first kappa shape index (κ1) is 14.5. The number of hydrogen-bond acceptors (Lipinski definition) is 3. The lowest BCUT2D eigenvalue weighted by atomic mass is 10.0. The van der Waals surface area contributed by atoms with Gasteiger partial charge in [0, 0.05) is 40.9 Å². The van der Waals surface area contributed by atoms with E-state index >= 15 is 0 Å². The first-order valence-corrected chi connectivity index (χ1v) is 8.94. The number of hydrogen-bond donors (Lipinski definition) is 1. The van der Waals surface area contributed by atoms with Gasteiger partial charge >= 0.3 is 0 Å². The molecule has 0 radical (unpaired) electrons. The molecule has 18 heavy (non-hydrogen) atoms. The van der Waals surface area contributed by atoms with Crippen LogP contribution >= 0.6 is 0 Å². The van der Waals surface area contributed by atoms with Crippen molar-refractivity contribution in [3.63, 3.8) is 0 Å². The monoisotopic (exact) mass is 273 g/mol. The predicted molar refractivity (Wildman–Crippen MR) is 76.2 cm³/mol. The fraction of sp³-hybridized carbons (Fsp3) is 1.00. The van der Waals surface area contributed by atoms with Crippen molar-refractivity contribution in [2.24, 2.45) is 11.8 Å². The van der Waals surface area contributed by atoms with Crippen LogP contribution in [0.4, 0.5) is 0 Å². The number of nitrogens with one attached hydrogen (secondary N) is 1. The van der Waals surface area contributed by atoms with E-state index < -0.39 is 10.8 Å². The Morgan fingerprint density at radius 2 is 2.11 bits per heavy atom. The van der Waals surface area contributed by atoms with Gasteiger partial charge < -0.3 is 10.1 Å². The molecule has 0 aromatic rings. The van der Waals surface area contributed by atoms with Crippen molar-refractivity contribution in [2.45, 2.75) is 45.1 Å². The summed E-state index contributed by atoms with van der Waals surface area (Å²) in [5, 5.41) is 3.51. The minimum absolute atomic E-state index is 0.389. The maximum atomic E-state index is 12.3. The highest BCUT2D eigenvalue weighted by Gasteiger charge is 2.27. The van der Waals surface area contributed by atoms with Crippen LogP contribution in [0.1, 0.15) is 39.0 Å². The van der Waals surface area contributed by atoms with Gasteiger partial charge in [-0.1, -0.05) is 19.8 Å². The van der Waals surface area contributed by atoms with Crippen LogP contribution in [0, 0.1) is 11.8 Å². The van der Waals surface area contributed by atoms with Crippen molar-refractivity contribution in [3.05, 3.63) is 0 Å². The van der Waals surface area contributed by atoms with E-state index in [4.69, 9.17) is 4.74 Å². The summed E-state index contributed by atoms with van der Waals surface area (Å²) in [6.45, 7) is 4.81. The molecule has 0 spiro atoms. The van der Waals surface area contributed by atoms with E-state index in [-0.39, 0.29) is 0 Å². The lowest BCUT2D eigenvalue weighted by Gasteiger charge is -2.23. The van der Waals surface area contributed by atoms with E-state index in [0.717, 1.165) is 43.6 Å². The molecule has 3 unspecified atom stereocenters. The van der Waals surface area contributed by atoms with Gasteiger partial charge in [0.05, 0.1) is 6.61 Å². The minimum Gasteiger partial charge on any atom is -0.381 e. The van der Waals surface area contributed by atoms with Gasteiger partial charge in [0.2, 0.25) is 0 Å². The Labute approximate surface area is 114 Å². The van der Waals surface area contributed by atoms with Crippen LogP contribution in [0.3, 0.4) is 0 Å². The molecule has 1 aliphatic heterocycles. The van der Waals surface area contributed by atoms with Gasteiger partial charge in [0.15, 0.2) is 0 Å². The quantitative estimate of drug-likeness (QED) is 0.770. The molecular weight excluding hydrogens is 246 g/mol. The molecule has 2 aliphatic rings. The molecule has 1 saturated carbocycles. The molecular formula is C14H27NO2S. The van der Waals surface area contributed by atoms with E-state index in [1.54, 1.807) is 0 Å². The molecule has 1 N–H and O–H groups in total. The van der Waals surface area contributed by atoms with Crippen LogP contribution in [0.25, 0.3) is 0 Å². The summed E-state index contributed by atoms with van der Waals surface area (Å²) in [7, 11) is -0.655. The highest BCUT2D eigenvalue weighted by atomic mass is 32.2. The van der Waals surface area contributed by atoms with Crippen molar-refractivity contribution in [1.82, 2.24) is 5.32 Å². The Balaban J connectivity index is 1.77. The fourth-order valence-electron chi connectivity index (χ4n) is 3.20. The van der Waals surface area contributed by atoms with Crippen LogP contribution in [0.2, 0.25) is 0 Å². The maximum absolute atomic E-state index is 12.3. The third-order valence-corrected chi connectivity index (χ3v) is 5.84. The van der Waals surface area contributed by atoms with Gasteiger partial charge in [-0.25, -0.2) is 0 Å². The van der Waals surface area contributed by atoms with E-state index in [0.29, 0.717) is 12.0 Å². The zero-order valence-electron chi connectivity index (χ0n) is 11.5. The van der Waals surface area contributed by atoms with Gasteiger partial charge in [-0.3, -0.25) is 4.21 Å². The molecule has 1 aliphatic carbocycles. The van der Waals surface area contributed by atoms with E-state index in [2.05, 4.69) is 12.2 Å². The molecule has 2 fully saturated rings. The van der Waals surface area contributed by atoms with Gasteiger partial charge in [-0.2, -0.15) is 0 Å². The molecule has 0 amide bonds. The first-order valence-electron chi connectivity index (χ1n) is 7.45. The molecule has 0 bridgehead atoms. The Hall–Kier alpha value is 0.0700. The van der Waals surface area contributed by atoms with Gasteiger partial charge in [0.1, 0.15) is 0 Å².